The minimum absolute atomic E-state index is 0.0555. The first-order chi connectivity index (χ1) is 16.3. The van der Waals surface area contributed by atoms with Crippen LogP contribution in [0.25, 0.3) is 0 Å². The summed E-state index contributed by atoms with van der Waals surface area (Å²) in [5.41, 5.74) is 1.13. The van der Waals surface area contributed by atoms with Crippen LogP contribution in [0.5, 0.6) is 0 Å². The molecule has 1 aliphatic carbocycles. The number of ether oxygens (including phenoxy) is 1. The summed E-state index contributed by atoms with van der Waals surface area (Å²) >= 11 is 0. The number of nitrogens with one attached hydrogen (secondary N) is 2. The number of unbranched alkanes of at least 4 members (excludes halogenated alkanes) is 1. The van der Waals surface area contributed by atoms with Crippen molar-refractivity contribution in [3.8, 4) is 0 Å². The predicted octanol–water partition coefficient (Wildman–Crippen LogP) is 5.13. The highest BCUT2D eigenvalue weighted by molar-refractivity contribution is 5.92. The molecule has 0 aromatic heterocycles. The van der Waals surface area contributed by atoms with Crippen LogP contribution in [0.4, 0.5) is 4.79 Å². The molecule has 0 spiro atoms. The summed E-state index contributed by atoms with van der Waals surface area (Å²) in [6.45, 7) is 16.1. The SMILES string of the molecule is CCCCNC(=O)C(c1cccc(C)c1)N(C(=O)C(CC(C)C)NC(=O)OC(C)(C)C)C1CC1C. The Kier molecular flexibility index (Phi) is 10.2. The zero-order chi connectivity index (χ0) is 26.3. The molecule has 1 aliphatic rings. The van der Waals surface area contributed by atoms with Crippen molar-refractivity contribution >= 4 is 17.9 Å². The standard InChI is InChI=1S/C28H45N3O4/c1-9-10-14-29-25(32)24(21-13-11-12-19(4)16-21)31(23-17-20(23)5)26(33)22(15-18(2)3)30-27(34)35-28(6,7)8/h11-13,16,18,20,22-24H,9-10,14-15,17H2,1-8H3,(H,29,32)(H,30,34). The van der Waals surface area contributed by atoms with E-state index >= 15 is 0 Å². The van der Waals surface area contributed by atoms with Gasteiger partial charge in [0.25, 0.3) is 0 Å². The highest BCUT2D eigenvalue weighted by Crippen LogP contribution is 2.41. The maximum absolute atomic E-state index is 14.1. The fraction of sp³-hybridized carbons (Fsp3) is 0.679. The molecule has 3 amide bonds. The molecule has 196 valence electrons. The van der Waals surface area contributed by atoms with Gasteiger partial charge in [-0.1, -0.05) is 63.9 Å². The van der Waals surface area contributed by atoms with Crippen LogP contribution in [0.2, 0.25) is 0 Å². The smallest absolute Gasteiger partial charge is 0.408 e. The third-order valence-corrected chi connectivity index (χ3v) is 6.09. The molecule has 1 aromatic rings. The highest BCUT2D eigenvalue weighted by Gasteiger charge is 2.48. The molecule has 0 radical (unpaired) electrons. The molecule has 1 fully saturated rings. The first-order valence-corrected chi connectivity index (χ1v) is 13.0. The Hall–Kier alpha value is -2.57. The molecule has 0 bridgehead atoms. The van der Waals surface area contributed by atoms with Gasteiger partial charge in [0.15, 0.2) is 0 Å². The van der Waals surface area contributed by atoms with Crippen molar-refractivity contribution in [1.29, 1.82) is 0 Å². The average molecular weight is 488 g/mol. The lowest BCUT2D eigenvalue weighted by atomic mass is 9.98. The van der Waals surface area contributed by atoms with Crippen LogP contribution < -0.4 is 10.6 Å². The van der Waals surface area contributed by atoms with Crippen LogP contribution in [0.15, 0.2) is 24.3 Å². The number of amides is 3. The first kappa shape index (κ1) is 28.7. The molecule has 35 heavy (non-hydrogen) atoms. The normalized spacial score (nSPS) is 19.0. The number of carbonyl (C=O) groups excluding carboxylic acids is 3. The molecular weight excluding hydrogens is 442 g/mol. The fourth-order valence-electron chi connectivity index (χ4n) is 4.26. The van der Waals surface area contributed by atoms with Crippen LogP contribution in [-0.4, -0.2) is 47.0 Å². The van der Waals surface area contributed by atoms with Crippen molar-refractivity contribution in [3.63, 3.8) is 0 Å². The number of rotatable bonds is 11. The molecule has 7 nitrogen and oxygen atoms in total. The van der Waals surface area contributed by atoms with Gasteiger partial charge in [0.05, 0.1) is 0 Å². The summed E-state index contributed by atoms with van der Waals surface area (Å²) < 4.78 is 5.45. The van der Waals surface area contributed by atoms with Crippen molar-refractivity contribution in [2.24, 2.45) is 11.8 Å². The van der Waals surface area contributed by atoms with Crippen molar-refractivity contribution in [3.05, 3.63) is 35.4 Å². The van der Waals surface area contributed by atoms with E-state index in [0.29, 0.717) is 13.0 Å². The molecule has 4 atom stereocenters. The fourth-order valence-corrected chi connectivity index (χ4v) is 4.26. The van der Waals surface area contributed by atoms with Gasteiger partial charge in [-0.15, -0.1) is 0 Å². The molecule has 1 saturated carbocycles. The van der Waals surface area contributed by atoms with Crippen molar-refractivity contribution < 1.29 is 19.1 Å². The van der Waals surface area contributed by atoms with Gasteiger partial charge < -0.3 is 20.3 Å². The van der Waals surface area contributed by atoms with Gasteiger partial charge in [0.2, 0.25) is 11.8 Å². The molecule has 4 unspecified atom stereocenters. The van der Waals surface area contributed by atoms with Gasteiger partial charge in [-0.25, -0.2) is 4.79 Å². The Balaban J connectivity index is 2.45. The average Bonchev–Trinajstić information content (AvgIpc) is 3.45. The van der Waals surface area contributed by atoms with E-state index in [9.17, 15) is 14.4 Å². The van der Waals surface area contributed by atoms with Crippen LogP contribution in [0.1, 0.15) is 91.3 Å². The van der Waals surface area contributed by atoms with Gasteiger partial charge >= 0.3 is 6.09 Å². The Bertz CT molecular complexity index is 877. The number of nitrogens with zero attached hydrogens (tertiary/aromatic N) is 1. The number of hydrogen-bond acceptors (Lipinski definition) is 4. The summed E-state index contributed by atoms with van der Waals surface area (Å²) in [6, 6.07) is 6.17. The second kappa shape index (κ2) is 12.4. The number of hydrogen-bond donors (Lipinski definition) is 2. The molecule has 7 heteroatoms. The molecule has 0 heterocycles. The van der Waals surface area contributed by atoms with Gasteiger partial charge in [0, 0.05) is 12.6 Å². The van der Waals surface area contributed by atoms with Gasteiger partial charge in [-0.2, -0.15) is 0 Å². The Morgan fingerprint density at radius 3 is 2.37 bits per heavy atom. The second-order valence-corrected chi connectivity index (χ2v) is 11.3. The Morgan fingerprint density at radius 2 is 1.86 bits per heavy atom. The highest BCUT2D eigenvalue weighted by atomic mass is 16.6. The number of aryl methyl sites for hydroxylation is 1. The van der Waals surface area contributed by atoms with E-state index in [4.69, 9.17) is 4.74 Å². The summed E-state index contributed by atoms with van der Waals surface area (Å²) in [6.07, 6.45) is 2.49. The first-order valence-electron chi connectivity index (χ1n) is 13.0. The number of alkyl carbamates (subject to hydrolysis) is 1. The van der Waals surface area contributed by atoms with Crippen LogP contribution in [-0.2, 0) is 14.3 Å². The van der Waals surface area contributed by atoms with Gasteiger partial charge in [-0.3, -0.25) is 9.59 Å². The van der Waals surface area contributed by atoms with E-state index in [2.05, 4.69) is 24.5 Å². The molecule has 1 aromatic carbocycles. The molecule has 2 rings (SSSR count). The van der Waals surface area contributed by atoms with Crippen LogP contribution in [0, 0.1) is 18.8 Å². The zero-order valence-electron chi connectivity index (χ0n) is 22.8. The quantitative estimate of drug-likeness (QED) is 0.424. The van der Waals surface area contributed by atoms with Crippen LogP contribution in [0.3, 0.4) is 0 Å². The van der Waals surface area contributed by atoms with E-state index in [1.165, 1.54) is 0 Å². The molecule has 0 aliphatic heterocycles. The van der Waals surface area contributed by atoms with E-state index < -0.39 is 23.8 Å². The monoisotopic (exact) mass is 487 g/mol. The van der Waals surface area contributed by atoms with Crippen molar-refractivity contribution in [1.82, 2.24) is 15.5 Å². The lowest BCUT2D eigenvalue weighted by Gasteiger charge is -2.35. The molecular formula is C28H45N3O4. The predicted molar refractivity (Wildman–Crippen MR) is 139 cm³/mol. The summed E-state index contributed by atoms with van der Waals surface area (Å²) in [7, 11) is 0. The van der Waals surface area contributed by atoms with Gasteiger partial charge in [-0.05, 0) is 64.4 Å². The second-order valence-electron chi connectivity index (χ2n) is 11.3. The van der Waals surface area contributed by atoms with E-state index in [1.54, 1.807) is 25.7 Å². The molecule has 2 N–H and O–H groups in total. The summed E-state index contributed by atoms with van der Waals surface area (Å²) in [5.74, 6) is 0.0252. The lowest BCUT2D eigenvalue weighted by molar-refractivity contribution is -0.143. The maximum Gasteiger partial charge on any atom is 0.408 e. The summed E-state index contributed by atoms with van der Waals surface area (Å²) in [5, 5.41) is 5.85. The topological polar surface area (TPSA) is 87.7 Å². The van der Waals surface area contributed by atoms with Crippen molar-refractivity contribution in [2.75, 3.05) is 6.54 Å². The molecule has 0 saturated heterocycles. The largest absolute Gasteiger partial charge is 0.444 e. The lowest BCUT2D eigenvalue weighted by Crippen LogP contribution is -2.54. The summed E-state index contributed by atoms with van der Waals surface area (Å²) in [4.78, 5) is 42.0. The third kappa shape index (κ3) is 8.86. The Labute approximate surface area is 211 Å². The minimum atomic E-state index is -0.784. The number of carbonyl (C=O) groups is 3. The van der Waals surface area contributed by atoms with E-state index in [-0.39, 0.29) is 29.7 Å². The maximum atomic E-state index is 14.1. The number of benzene rings is 1. The Morgan fingerprint density at radius 1 is 1.20 bits per heavy atom. The zero-order valence-corrected chi connectivity index (χ0v) is 22.8. The van der Waals surface area contributed by atoms with Crippen LogP contribution >= 0.6 is 0 Å². The van der Waals surface area contributed by atoms with Crippen molar-refractivity contribution in [2.45, 2.75) is 105 Å². The third-order valence-electron chi connectivity index (χ3n) is 6.09. The minimum Gasteiger partial charge on any atom is -0.444 e. The van der Waals surface area contributed by atoms with E-state index in [1.807, 2.05) is 45.0 Å². The van der Waals surface area contributed by atoms with E-state index in [0.717, 1.165) is 30.4 Å². The van der Waals surface area contributed by atoms with Gasteiger partial charge in [0.1, 0.15) is 17.7 Å².